The van der Waals surface area contributed by atoms with E-state index < -0.39 is 0 Å². The van der Waals surface area contributed by atoms with E-state index >= 15 is 0 Å². The van der Waals surface area contributed by atoms with Crippen molar-refractivity contribution < 1.29 is 9.84 Å². The summed E-state index contributed by atoms with van der Waals surface area (Å²) in [5.74, 6) is 0.654. The molecule has 0 heterocycles. The molecule has 0 saturated heterocycles. The quantitative estimate of drug-likeness (QED) is 0.838. The second kappa shape index (κ2) is 6.35. The van der Waals surface area contributed by atoms with E-state index in [1.807, 2.05) is 6.92 Å². The largest absolute Gasteiger partial charge is 0.393 e. The molecule has 1 aromatic carbocycles. The minimum atomic E-state index is -0.209. The Balaban J connectivity index is 1.71. The van der Waals surface area contributed by atoms with Crippen LogP contribution >= 0.6 is 0 Å². The van der Waals surface area contributed by atoms with Crippen LogP contribution in [0.1, 0.15) is 37.3 Å². The van der Waals surface area contributed by atoms with Gasteiger partial charge in [0.2, 0.25) is 0 Å². The third-order valence-corrected chi connectivity index (χ3v) is 3.75. The van der Waals surface area contributed by atoms with E-state index in [4.69, 9.17) is 4.74 Å². The average molecular weight is 248 g/mol. The van der Waals surface area contributed by atoms with Crippen LogP contribution in [0.2, 0.25) is 0 Å². The van der Waals surface area contributed by atoms with Crippen molar-refractivity contribution in [2.24, 2.45) is 5.92 Å². The molecular formula is C16H24O2. The van der Waals surface area contributed by atoms with Gasteiger partial charge >= 0.3 is 0 Å². The molecule has 1 saturated carbocycles. The van der Waals surface area contributed by atoms with Crippen LogP contribution in [0.4, 0.5) is 0 Å². The number of hydrogen-bond acceptors (Lipinski definition) is 2. The Morgan fingerprint density at radius 2 is 2.17 bits per heavy atom. The summed E-state index contributed by atoms with van der Waals surface area (Å²) in [6, 6.07) is 8.41. The fraction of sp³-hybridized carbons (Fsp3) is 0.625. The Morgan fingerprint density at radius 1 is 1.39 bits per heavy atom. The predicted octanol–water partition coefficient (Wildman–Crippen LogP) is 3.10. The molecule has 0 aliphatic heterocycles. The van der Waals surface area contributed by atoms with E-state index in [-0.39, 0.29) is 6.10 Å². The lowest BCUT2D eigenvalue weighted by Crippen LogP contribution is -2.34. The smallest absolute Gasteiger partial charge is 0.0583 e. The van der Waals surface area contributed by atoms with Gasteiger partial charge in [0.05, 0.1) is 12.2 Å². The van der Waals surface area contributed by atoms with Crippen LogP contribution in [-0.2, 0) is 11.2 Å². The second-order valence-corrected chi connectivity index (χ2v) is 5.50. The van der Waals surface area contributed by atoms with Gasteiger partial charge in [-0.25, -0.2) is 0 Å². The molecule has 0 bridgehead atoms. The van der Waals surface area contributed by atoms with Gasteiger partial charge < -0.3 is 9.84 Å². The van der Waals surface area contributed by atoms with Crippen molar-refractivity contribution in [2.75, 3.05) is 6.61 Å². The SMILES string of the molecule is CCOC1CC(CC(O)Cc2cccc(C)c2)C1. The van der Waals surface area contributed by atoms with E-state index in [1.165, 1.54) is 11.1 Å². The molecular weight excluding hydrogens is 224 g/mol. The van der Waals surface area contributed by atoms with Crippen LogP contribution in [0.5, 0.6) is 0 Å². The lowest BCUT2D eigenvalue weighted by molar-refractivity contribution is -0.0375. The molecule has 0 radical (unpaired) electrons. The molecule has 1 fully saturated rings. The van der Waals surface area contributed by atoms with Gasteiger partial charge in [0, 0.05) is 6.61 Å². The van der Waals surface area contributed by atoms with Crippen molar-refractivity contribution >= 4 is 0 Å². The lowest BCUT2D eigenvalue weighted by atomic mass is 9.78. The molecule has 2 heteroatoms. The highest BCUT2D eigenvalue weighted by atomic mass is 16.5. The van der Waals surface area contributed by atoms with Crippen LogP contribution < -0.4 is 0 Å². The van der Waals surface area contributed by atoms with Crippen LogP contribution in [-0.4, -0.2) is 23.9 Å². The molecule has 1 aliphatic rings. The van der Waals surface area contributed by atoms with E-state index in [2.05, 4.69) is 31.2 Å². The number of ether oxygens (including phenoxy) is 1. The molecule has 100 valence electrons. The topological polar surface area (TPSA) is 29.5 Å². The Labute approximate surface area is 110 Å². The summed E-state index contributed by atoms with van der Waals surface area (Å²) < 4.78 is 5.54. The third-order valence-electron chi connectivity index (χ3n) is 3.75. The highest BCUT2D eigenvalue weighted by Gasteiger charge is 2.30. The van der Waals surface area contributed by atoms with Crippen molar-refractivity contribution in [1.82, 2.24) is 0 Å². The van der Waals surface area contributed by atoms with Crippen molar-refractivity contribution in [3.63, 3.8) is 0 Å². The van der Waals surface area contributed by atoms with Crippen molar-refractivity contribution in [2.45, 2.75) is 51.7 Å². The number of hydrogen-bond donors (Lipinski definition) is 1. The van der Waals surface area contributed by atoms with Crippen molar-refractivity contribution in [3.8, 4) is 0 Å². The van der Waals surface area contributed by atoms with E-state index in [1.54, 1.807) is 0 Å². The summed E-state index contributed by atoms with van der Waals surface area (Å²) >= 11 is 0. The summed E-state index contributed by atoms with van der Waals surface area (Å²) in [5.41, 5.74) is 2.50. The van der Waals surface area contributed by atoms with Crippen molar-refractivity contribution in [3.05, 3.63) is 35.4 Å². The predicted molar refractivity (Wildman–Crippen MR) is 73.6 cm³/mol. The van der Waals surface area contributed by atoms with Gasteiger partial charge in [0.15, 0.2) is 0 Å². The molecule has 1 N–H and O–H groups in total. The Bertz CT molecular complexity index is 369. The highest BCUT2D eigenvalue weighted by molar-refractivity contribution is 5.22. The second-order valence-electron chi connectivity index (χ2n) is 5.50. The number of aryl methyl sites for hydroxylation is 1. The first-order valence-corrected chi connectivity index (χ1v) is 7.02. The zero-order chi connectivity index (χ0) is 13.0. The van der Waals surface area contributed by atoms with Gasteiger partial charge in [-0.1, -0.05) is 29.8 Å². The Kier molecular flexibility index (Phi) is 4.79. The fourth-order valence-electron chi connectivity index (χ4n) is 2.82. The van der Waals surface area contributed by atoms with E-state index in [0.717, 1.165) is 32.3 Å². The van der Waals surface area contributed by atoms with Gasteiger partial charge in [-0.05, 0) is 51.0 Å². The normalized spacial score (nSPS) is 24.6. The molecule has 1 unspecified atom stereocenters. The van der Waals surface area contributed by atoms with Crippen LogP contribution in [0.25, 0.3) is 0 Å². The minimum absolute atomic E-state index is 0.209. The van der Waals surface area contributed by atoms with Gasteiger partial charge in [-0.3, -0.25) is 0 Å². The number of aliphatic hydroxyl groups excluding tert-OH is 1. The number of rotatable bonds is 6. The van der Waals surface area contributed by atoms with Crippen LogP contribution in [0, 0.1) is 12.8 Å². The maximum atomic E-state index is 10.1. The maximum absolute atomic E-state index is 10.1. The summed E-state index contributed by atoms with van der Waals surface area (Å²) in [5, 5.41) is 10.1. The zero-order valence-corrected chi connectivity index (χ0v) is 11.4. The molecule has 2 nitrogen and oxygen atoms in total. The number of benzene rings is 1. The molecule has 0 spiro atoms. The average Bonchev–Trinajstić information content (AvgIpc) is 2.26. The van der Waals surface area contributed by atoms with Crippen LogP contribution in [0.3, 0.4) is 0 Å². The third kappa shape index (κ3) is 3.82. The van der Waals surface area contributed by atoms with Crippen LogP contribution in [0.15, 0.2) is 24.3 Å². The Hall–Kier alpha value is -0.860. The van der Waals surface area contributed by atoms with Gasteiger partial charge in [0.25, 0.3) is 0 Å². The first kappa shape index (κ1) is 13.6. The molecule has 0 amide bonds. The molecule has 1 atom stereocenters. The fourth-order valence-corrected chi connectivity index (χ4v) is 2.82. The summed E-state index contributed by atoms with van der Waals surface area (Å²) in [6.07, 6.45) is 4.18. The lowest BCUT2D eigenvalue weighted by Gasteiger charge is -2.36. The summed E-state index contributed by atoms with van der Waals surface area (Å²) in [7, 11) is 0. The number of aliphatic hydroxyl groups is 1. The van der Waals surface area contributed by atoms with E-state index in [0.29, 0.717) is 12.0 Å². The summed E-state index contributed by atoms with van der Waals surface area (Å²) in [6.45, 7) is 4.94. The molecule has 1 aliphatic carbocycles. The minimum Gasteiger partial charge on any atom is -0.393 e. The monoisotopic (exact) mass is 248 g/mol. The molecule has 18 heavy (non-hydrogen) atoms. The van der Waals surface area contributed by atoms with E-state index in [9.17, 15) is 5.11 Å². The van der Waals surface area contributed by atoms with Crippen molar-refractivity contribution in [1.29, 1.82) is 0 Å². The summed E-state index contributed by atoms with van der Waals surface area (Å²) in [4.78, 5) is 0. The standard InChI is InChI=1S/C16H24O2/c1-3-18-16-10-14(11-16)9-15(17)8-13-6-4-5-12(2)7-13/h4-7,14-17H,3,8-11H2,1-2H3. The molecule has 2 rings (SSSR count). The van der Waals surface area contributed by atoms with Gasteiger partial charge in [0.1, 0.15) is 0 Å². The molecule has 0 aromatic heterocycles. The van der Waals surface area contributed by atoms with Gasteiger partial charge in [-0.2, -0.15) is 0 Å². The highest BCUT2D eigenvalue weighted by Crippen LogP contribution is 2.34. The first-order valence-electron chi connectivity index (χ1n) is 7.02. The first-order chi connectivity index (χ1) is 8.67. The van der Waals surface area contributed by atoms with Gasteiger partial charge in [-0.15, -0.1) is 0 Å². The zero-order valence-electron chi connectivity index (χ0n) is 11.4. The Morgan fingerprint density at radius 3 is 2.83 bits per heavy atom. The maximum Gasteiger partial charge on any atom is 0.0583 e. The molecule has 1 aromatic rings.